The van der Waals surface area contributed by atoms with E-state index in [1.165, 1.54) is 0 Å². The summed E-state index contributed by atoms with van der Waals surface area (Å²) in [6.45, 7) is 23.4. The van der Waals surface area contributed by atoms with Crippen LogP contribution in [0.15, 0.2) is 53.4 Å². The van der Waals surface area contributed by atoms with Crippen LogP contribution in [0.4, 0.5) is 10.7 Å². The Morgan fingerprint density at radius 2 is 1.51 bits per heavy atom. The number of aryl methyl sites for hydroxylation is 2. The number of alkyl carbamates (subject to hydrolysis) is 1. The minimum atomic E-state index is -4.35. The second-order valence-corrected chi connectivity index (χ2v) is 24.5. The number of aliphatic carboxylic acids is 1. The molecular weight excluding hydrogens is 785 g/mol. The number of rotatable bonds is 13. The zero-order valence-electron chi connectivity index (χ0n) is 36.4. The highest BCUT2D eigenvalue weighted by molar-refractivity contribution is 7.93. The van der Waals surface area contributed by atoms with Crippen molar-refractivity contribution in [2.45, 2.75) is 129 Å². The lowest BCUT2D eigenvalue weighted by molar-refractivity contribution is -0.139. The Balaban J connectivity index is 1.27. The van der Waals surface area contributed by atoms with Gasteiger partial charge in [0.2, 0.25) is 5.95 Å². The average Bonchev–Trinajstić information content (AvgIpc) is 3.65. The first kappa shape index (κ1) is 43.6. The predicted octanol–water partition coefficient (Wildman–Crippen LogP) is 9.08. The molecule has 1 amide bonds. The van der Waals surface area contributed by atoms with E-state index in [2.05, 4.69) is 39.2 Å². The molecule has 0 radical (unpaired) electrons. The number of ether oxygens (including phenoxy) is 2. The highest BCUT2D eigenvalue weighted by atomic mass is 32.2. The molecule has 3 aromatic carbocycles. The molecule has 12 nitrogen and oxygen atoms in total. The number of sulfonamides is 1. The van der Waals surface area contributed by atoms with Crippen LogP contribution in [0.25, 0.3) is 11.1 Å². The van der Waals surface area contributed by atoms with Gasteiger partial charge in [-0.25, -0.2) is 32.3 Å². The van der Waals surface area contributed by atoms with Gasteiger partial charge in [0.25, 0.3) is 18.3 Å². The van der Waals surface area contributed by atoms with Gasteiger partial charge in [-0.3, -0.25) is 0 Å². The lowest BCUT2D eigenvalue weighted by Crippen LogP contribution is -2.44. The summed E-state index contributed by atoms with van der Waals surface area (Å²) in [5.74, 6) is -0.294. The van der Waals surface area contributed by atoms with Crippen molar-refractivity contribution in [1.29, 1.82) is 0 Å². The topological polar surface area (TPSA) is 157 Å². The fourth-order valence-corrected chi connectivity index (χ4v) is 11.0. The second kappa shape index (κ2) is 15.9. The Morgan fingerprint density at radius 3 is 2.05 bits per heavy atom. The van der Waals surface area contributed by atoms with Crippen molar-refractivity contribution in [3.63, 3.8) is 0 Å². The molecule has 2 heterocycles. The Hall–Kier alpha value is -4.95. The largest absolute Gasteiger partial charge is 0.541 e. The molecule has 0 unspecified atom stereocenters. The lowest BCUT2D eigenvalue weighted by atomic mass is 9.94. The van der Waals surface area contributed by atoms with Gasteiger partial charge < -0.3 is 24.3 Å². The normalized spacial score (nSPS) is 15.1. The fraction of sp³-hybridized carbons (Fsp3) is 0.467. The van der Waals surface area contributed by atoms with Crippen LogP contribution >= 0.6 is 0 Å². The van der Waals surface area contributed by atoms with Gasteiger partial charge in [0.1, 0.15) is 29.7 Å². The maximum absolute atomic E-state index is 15.1. The van der Waals surface area contributed by atoms with Crippen LogP contribution in [-0.2, 0) is 26.0 Å². The number of benzene rings is 3. The van der Waals surface area contributed by atoms with E-state index in [-0.39, 0.29) is 47.8 Å². The van der Waals surface area contributed by atoms with E-state index in [0.29, 0.717) is 40.4 Å². The standard InChI is InChI=1S/C45H58N4O8SSi/c1-26-27(2)40(28(3)35-24-45(9,10)56-38(26)35)58(53,54)49(42-46-29(4)39(30(5)47-42)57-59(11,12)44(6,7)8)23-17-22-37(41(50)51)48-43(52)55-25-36-33-20-15-13-18-31(33)32-19-14-16-21-34(32)36/h13-16,18-21,36-37H,17,22-25H2,1-12H3,(H,48,52)(H,50,51)/t37-/m0/s1. The van der Waals surface area contributed by atoms with Crippen molar-refractivity contribution >= 4 is 36.4 Å². The molecule has 1 aliphatic carbocycles. The molecule has 0 bridgehead atoms. The summed E-state index contributed by atoms with van der Waals surface area (Å²) in [6.07, 6.45) is -0.393. The van der Waals surface area contributed by atoms with Gasteiger partial charge in [-0.05, 0) is 118 Å². The van der Waals surface area contributed by atoms with Crippen LogP contribution in [0.2, 0.25) is 18.1 Å². The summed E-state index contributed by atoms with van der Waals surface area (Å²) in [7, 11) is -6.66. The number of carboxylic acids is 1. The number of fused-ring (bicyclic) bond motifs is 4. The molecule has 0 fully saturated rings. The van der Waals surface area contributed by atoms with Gasteiger partial charge in [-0.2, -0.15) is 0 Å². The van der Waals surface area contributed by atoms with Crippen molar-refractivity contribution in [1.82, 2.24) is 15.3 Å². The highest BCUT2D eigenvalue weighted by Crippen LogP contribution is 2.46. The molecule has 0 spiro atoms. The van der Waals surface area contributed by atoms with Gasteiger partial charge in [-0.1, -0.05) is 69.3 Å². The number of hydrogen-bond acceptors (Lipinski definition) is 9. The summed E-state index contributed by atoms with van der Waals surface area (Å²) in [5.41, 5.74) is 7.40. The summed E-state index contributed by atoms with van der Waals surface area (Å²) < 4.78 is 49.9. The third-order valence-corrected chi connectivity index (χ3v) is 18.6. The average molecular weight is 843 g/mol. The van der Waals surface area contributed by atoms with Crippen LogP contribution in [0.3, 0.4) is 0 Å². The van der Waals surface area contributed by atoms with E-state index in [0.717, 1.165) is 37.7 Å². The quantitative estimate of drug-likeness (QED) is 0.125. The zero-order valence-corrected chi connectivity index (χ0v) is 38.2. The monoisotopic (exact) mass is 842 g/mol. The minimum absolute atomic E-state index is 0.0184. The van der Waals surface area contributed by atoms with Gasteiger partial charge in [-0.15, -0.1) is 0 Å². The number of nitrogens with one attached hydrogen (secondary N) is 1. The molecule has 0 saturated heterocycles. The summed E-state index contributed by atoms with van der Waals surface area (Å²) in [4.78, 5) is 35.3. The zero-order chi connectivity index (χ0) is 43.4. The number of nitrogens with zero attached hydrogens (tertiary/aromatic N) is 3. The molecule has 1 atom stereocenters. The number of carboxylic acid groups (broad SMARTS) is 1. The maximum atomic E-state index is 15.1. The Morgan fingerprint density at radius 1 is 0.949 bits per heavy atom. The first-order chi connectivity index (χ1) is 27.4. The molecule has 14 heteroatoms. The first-order valence-electron chi connectivity index (χ1n) is 20.2. The molecule has 1 aliphatic heterocycles. The molecular formula is C45H58N4O8SSi. The lowest BCUT2D eigenvalue weighted by Gasteiger charge is -2.37. The van der Waals surface area contributed by atoms with Crippen molar-refractivity contribution in [3.05, 3.63) is 93.3 Å². The molecule has 316 valence electrons. The number of amides is 1. The maximum Gasteiger partial charge on any atom is 0.407 e. The Bertz CT molecular complexity index is 2360. The molecule has 59 heavy (non-hydrogen) atoms. The molecule has 0 saturated carbocycles. The smallest absolute Gasteiger partial charge is 0.407 e. The van der Waals surface area contributed by atoms with E-state index in [1.54, 1.807) is 27.7 Å². The molecule has 2 aliphatic rings. The van der Waals surface area contributed by atoms with Gasteiger partial charge >= 0.3 is 12.1 Å². The van der Waals surface area contributed by atoms with E-state index < -0.39 is 42.0 Å². The van der Waals surface area contributed by atoms with E-state index in [1.807, 2.05) is 69.3 Å². The van der Waals surface area contributed by atoms with Crippen LogP contribution < -0.4 is 18.8 Å². The number of anilines is 1. The molecule has 6 rings (SSSR count). The van der Waals surface area contributed by atoms with Crippen molar-refractivity contribution in [2.24, 2.45) is 0 Å². The van der Waals surface area contributed by atoms with E-state index >= 15 is 8.42 Å². The van der Waals surface area contributed by atoms with Crippen LogP contribution in [-0.4, -0.2) is 68.7 Å². The van der Waals surface area contributed by atoms with Gasteiger partial charge in [0.05, 0.1) is 16.3 Å². The molecule has 2 N–H and O–H groups in total. The minimum Gasteiger partial charge on any atom is -0.541 e. The van der Waals surface area contributed by atoms with Crippen LogP contribution in [0, 0.1) is 34.6 Å². The third kappa shape index (κ3) is 8.43. The SMILES string of the molecule is Cc1nc(N(CCC[C@H](NC(=O)OCC2c3ccccc3-c3ccccc32)C(=O)O)S(=O)(=O)c2c(C)c(C)c3c(c2C)CC(C)(C)O3)nc(C)c1O[Si](C)(C)C(C)(C)C. The van der Waals surface area contributed by atoms with Crippen molar-refractivity contribution < 1.29 is 37.0 Å². The Kier molecular flexibility index (Phi) is 11.8. The van der Waals surface area contributed by atoms with Crippen molar-refractivity contribution in [3.8, 4) is 22.6 Å². The number of aromatic nitrogens is 2. The summed E-state index contributed by atoms with van der Waals surface area (Å²) in [5, 5.41) is 12.6. The fourth-order valence-electron chi connectivity index (χ4n) is 7.90. The van der Waals surface area contributed by atoms with Gasteiger partial charge in [0.15, 0.2) is 0 Å². The number of hydrogen-bond donors (Lipinski definition) is 2. The summed E-state index contributed by atoms with van der Waals surface area (Å²) >= 11 is 0. The molecule has 1 aromatic heterocycles. The van der Waals surface area contributed by atoms with Crippen LogP contribution in [0.1, 0.15) is 98.1 Å². The predicted molar refractivity (Wildman–Crippen MR) is 232 cm³/mol. The third-order valence-electron chi connectivity index (χ3n) is 12.2. The van der Waals surface area contributed by atoms with E-state index in [9.17, 15) is 14.7 Å². The number of carbonyl (C=O) groups is 2. The Labute approximate surface area is 349 Å². The van der Waals surface area contributed by atoms with E-state index in [4.69, 9.17) is 23.9 Å². The first-order valence-corrected chi connectivity index (χ1v) is 24.5. The van der Waals surface area contributed by atoms with Gasteiger partial charge in [0, 0.05) is 24.4 Å². The van der Waals surface area contributed by atoms with Crippen LogP contribution in [0.5, 0.6) is 11.5 Å². The summed E-state index contributed by atoms with van der Waals surface area (Å²) in [6, 6.07) is 14.5. The highest BCUT2D eigenvalue weighted by Gasteiger charge is 2.42. The second-order valence-electron chi connectivity index (χ2n) is 18.0. The number of carbonyl (C=O) groups excluding carboxylic acids is 1. The molecule has 4 aromatic rings. The van der Waals surface area contributed by atoms with Crippen molar-refractivity contribution in [2.75, 3.05) is 17.5 Å².